The smallest absolute Gasteiger partial charge is 0.258 e. The number of ether oxygens (including phenoxy) is 1. The Kier molecular flexibility index (Phi) is 5.24. The third kappa shape index (κ3) is 3.77. The van der Waals surface area contributed by atoms with Crippen LogP contribution in [0.2, 0.25) is 0 Å². The van der Waals surface area contributed by atoms with Gasteiger partial charge in [-0.15, -0.1) is 11.8 Å². The van der Waals surface area contributed by atoms with Gasteiger partial charge in [0.15, 0.2) is 5.13 Å². The number of amides is 1. The van der Waals surface area contributed by atoms with E-state index >= 15 is 0 Å². The maximum absolute atomic E-state index is 12.8. The van der Waals surface area contributed by atoms with Gasteiger partial charge in [0, 0.05) is 17.3 Å². The molecule has 1 atom stereocenters. The van der Waals surface area contributed by atoms with Crippen LogP contribution in [0.3, 0.4) is 0 Å². The number of aromatic nitrogens is 1. The summed E-state index contributed by atoms with van der Waals surface area (Å²) >= 11 is 3.19. The first-order valence-electron chi connectivity index (χ1n) is 8.71. The molecule has 1 amide bonds. The molecule has 0 spiro atoms. The van der Waals surface area contributed by atoms with Gasteiger partial charge in [0.2, 0.25) is 0 Å². The van der Waals surface area contributed by atoms with E-state index < -0.39 is 0 Å². The number of carbonyl (C=O) groups is 1. The van der Waals surface area contributed by atoms with Gasteiger partial charge in [0.1, 0.15) is 0 Å². The Balaban J connectivity index is 1.50. The number of rotatable bonds is 5. The molecule has 1 fully saturated rings. The number of aryl methyl sites for hydroxylation is 1. The van der Waals surface area contributed by atoms with E-state index in [-0.39, 0.29) is 5.91 Å². The van der Waals surface area contributed by atoms with Gasteiger partial charge in [-0.2, -0.15) is 0 Å². The fraction of sp³-hybridized carbons (Fsp3) is 0.300. The summed E-state index contributed by atoms with van der Waals surface area (Å²) in [6, 6.07) is 13.8. The molecule has 26 heavy (non-hydrogen) atoms. The molecule has 4 nitrogen and oxygen atoms in total. The molecule has 1 saturated heterocycles. The summed E-state index contributed by atoms with van der Waals surface area (Å²) in [5, 5.41) is 3.60. The lowest BCUT2D eigenvalue weighted by Gasteiger charge is -2.11. The van der Waals surface area contributed by atoms with Crippen LogP contribution in [0.5, 0.6) is 0 Å². The molecule has 1 aliphatic rings. The van der Waals surface area contributed by atoms with Crippen LogP contribution in [0.4, 0.5) is 5.13 Å². The van der Waals surface area contributed by atoms with Crippen molar-refractivity contribution < 1.29 is 9.53 Å². The fourth-order valence-corrected chi connectivity index (χ4v) is 5.10. The van der Waals surface area contributed by atoms with Crippen LogP contribution in [0.25, 0.3) is 10.2 Å². The third-order valence-electron chi connectivity index (χ3n) is 4.42. The number of carbonyl (C=O) groups excluding carboxylic acids is 1. The third-order valence-corrected chi connectivity index (χ3v) is 6.56. The highest BCUT2D eigenvalue weighted by atomic mass is 32.2. The molecule has 0 saturated carbocycles. The zero-order valence-electron chi connectivity index (χ0n) is 14.5. The van der Waals surface area contributed by atoms with Crippen LogP contribution in [0.1, 0.15) is 28.8 Å². The summed E-state index contributed by atoms with van der Waals surface area (Å²) in [4.78, 5) is 18.4. The van der Waals surface area contributed by atoms with Crippen molar-refractivity contribution in [2.24, 2.45) is 0 Å². The molecule has 134 valence electrons. The average Bonchev–Trinajstić information content (AvgIpc) is 3.30. The van der Waals surface area contributed by atoms with Crippen molar-refractivity contribution in [1.82, 2.24) is 4.98 Å². The van der Waals surface area contributed by atoms with Crippen molar-refractivity contribution >= 4 is 44.4 Å². The van der Waals surface area contributed by atoms with E-state index in [4.69, 9.17) is 4.74 Å². The Bertz CT molecular complexity index is 932. The molecule has 1 N–H and O–H groups in total. The summed E-state index contributed by atoms with van der Waals surface area (Å²) < 4.78 is 6.77. The second-order valence-corrected chi connectivity index (χ2v) is 8.43. The normalized spacial score (nSPS) is 16.9. The first-order chi connectivity index (χ1) is 12.7. The number of hydrogen-bond acceptors (Lipinski definition) is 5. The number of nitrogens with one attached hydrogen (secondary N) is 1. The Morgan fingerprint density at radius 1 is 1.31 bits per heavy atom. The van der Waals surface area contributed by atoms with E-state index in [1.54, 1.807) is 11.8 Å². The topological polar surface area (TPSA) is 51.2 Å². The maximum Gasteiger partial charge on any atom is 0.258 e. The van der Waals surface area contributed by atoms with Crippen LogP contribution < -0.4 is 5.32 Å². The van der Waals surface area contributed by atoms with Gasteiger partial charge in [-0.25, -0.2) is 4.98 Å². The van der Waals surface area contributed by atoms with E-state index in [1.165, 1.54) is 11.3 Å². The van der Waals surface area contributed by atoms with Crippen LogP contribution in [0, 0.1) is 6.92 Å². The Morgan fingerprint density at radius 3 is 3.00 bits per heavy atom. The van der Waals surface area contributed by atoms with Gasteiger partial charge in [-0.3, -0.25) is 10.1 Å². The summed E-state index contributed by atoms with van der Waals surface area (Å²) in [5.74, 6) is 0.766. The van der Waals surface area contributed by atoms with Crippen molar-refractivity contribution in [2.45, 2.75) is 30.8 Å². The van der Waals surface area contributed by atoms with Crippen LogP contribution in [-0.2, 0) is 4.74 Å². The predicted octanol–water partition coefficient (Wildman–Crippen LogP) is 5.13. The summed E-state index contributed by atoms with van der Waals surface area (Å²) in [5.41, 5.74) is 2.76. The summed E-state index contributed by atoms with van der Waals surface area (Å²) in [7, 11) is 0. The number of anilines is 1. The number of nitrogens with zero attached hydrogens (tertiary/aromatic N) is 1. The largest absolute Gasteiger partial charge is 0.377 e. The molecular formula is C20H20N2O2S2. The highest BCUT2D eigenvalue weighted by molar-refractivity contribution is 7.99. The minimum absolute atomic E-state index is 0.114. The minimum atomic E-state index is -0.114. The van der Waals surface area contributed by atoms with Crippen molar-refractivity contribution in [2.75, 3.05) is 17.7 Å². The van der Waals surface area contributed by atoms with Gasteiger partial charge in [0.25, 0.3) is 5.91 Å². The second-order valence-electron chi connectivity index (χ2n) is 6.34. The van der Waals surface area contributed by atoms with E-state index in [0.717, 1.165) is 45.9 Å². The SMILES string of the molecule is Cc1cccc2sc(NC(=O)c3ccccc3SC[C@@H]3CCCO3)nc12. The number of hydrogen-bond donors (Lipinski definition) is 1. The predicted molar refractivity (Wildman–Crippen MR) is 108 cm³/mol. The molecule has 0 radical (unpaired) electrons. The van der Waals surface area contributed by atoms with Gasteiger partial charge in [0.05, 0.1) is 21.9 Å². The van der Waals surface area contributed by atoms with Gasteiger partial charge >= 0.3 is 0 Å². The molecule has 0 unspecified atom stereocenters. The minimum Gasteiger partial charge on any atom is -0.377 e. The molecule has 2 heterocycles. The zero-order valence-corrected chi connectivity index (χ0v) is 16.2. The fourth-order valence-electron chi connectivity index (χ4n) is 3.04. The molecule has 3 aromatic rings. The highest BCUT2D eigenvalue weighted by Crippen LogP contribution is 2.30. The number of para-hydroxylation sites is 1. The van der Waals surface area contributed by atoms with Crippen LogP contribution >= 0.6 is 23.1 Å². The zero-order chi connectivity index (χ0) is 17.9. The Morgan fingerprint density at radius 2 is 2.19 bits per heavy atom. The van der Waals surface area contributed by atoms with Gasteiger partial charge in [-0.1, -0.05) is 35.6 Å². The van der Waals surface area contributed by atoms with E-state index in [2.05, 4.69) is 10.3 Å². The van der Waals surface area contributed by atoms with Crippen molar-refractivity contribution in [3.63, 3.8) is 0 Å². The first-order valence-corrected chi connectivity index (χ1v) is 10.5. The standard InChI is InChI=1S/C20H20N2O2S2/c1-13-6-4-10-17-18(13)21-20(26-17)22-19(23)15-8-2-3-9-16(15)25-12-14-7-5-11-24-14/h2-4,6,8-10,14H,5,7,11-12H2,1H3,(H,21,22,23)/t14-/m0/s1. The van der Waals surface area contributed by atoms with E-state index in [0.29, 0.717) is 16.8 Å². The molecular weight excluding hydrogens is 364 g/mol. The van der Waals surface area contributed by atoms with Crippen LogP contribution in [-0.4, -0.2) is 29.4 Å². The molecule has 1 aliphatic heterocycles. The number of benzene rings is 2. The van der Waals surface area contributed by atoms with Crippen molar-refractivity contribution in [3.8, 4) is 0 Å². The number of thiazole rings is 1. The Labute approximate surface area is 161 Å². The van der Waals surface area contributed by atoms with Crippen LogP contribution in [0.15, 0.2) is 47.4 Å². The second kappa shape index (κ2) is 7.78. The highest BCUT2D eigenvalue weighted by Gasteiger charge is 2.18. The van der Waals surface area contributed by atoms with Crippen molar-refractivity contribution in [1.29, 1.82) is 0 Å². The Hall–Kier alpha value is -1.89. The maximum atomic E-state index is 12.8. The van der Waals surface area contributed by atoms with E-state index in [9.17, 15) is 4.79 Å². The lowest BCUT2D eigenvalue weighted by atomic mass is 10.2. The molecule has 1 aromatic heterocycles. The molecule has 4 rings (SSSR count). The summed E-state index contributed by atoms with van der Waals surface area (Å²) in [6.45, 7) is 2.88. The molecule has 0 aliphatic carbocycles. The summed E-state index contributed by atoms with van der Waals surface area (Å²) in [6.07, 6.45) is 2.53. The number of thioether (sulfide) groups is 1. The van der Waals surface area contributed by atoms with E-state index in [1.807, 2.05) is 49.4 Å². The molecule has 0 bridgehead atoms. The quantitative estimate of drug-likeness (QED) is 0.620. The monoisotopic (exact) mass is 384 g/mol. The number of fused-ring (bicyclic) bond motifs is 1. The molecule has 2 aromatic carbocycles. The first kappa shape index (κ1) is 17.5. The molecule has 6 heteroatoms. The van der Waals surface area contributed by atoms with Gasteiger partial charge < -0.3 is 4.74 Å². The van der Waals surface area contributed by atoms with Crippen molar-refractivity contribution in [3.05, 3.63) is 53.6 Å². The lowest BCUT2D eigenvalue weighted by Crippen LogP contribution is -2.14. The average molecular weight is 385 g/mol. The lowest BCUT2D eigenvalue weighted by molar-refractivity contribution is 0.102. The van der Waals surface area contributed by atoms with Gasteiger partial charge in [-0.05, 0) is 43.5 Å².